The van der Waals surface area contributed by atoms with Crippen molar-refractivity contribution < 1.29 is 23.1 Å². The van der Waals surface area contributed by atoms with Crippen LogP contribution in [0.1, 0.15) is 41.8 Å². The van der Waals surface area contributed by atoms with Crippen molar-refractivity contribution in [1.29, 1.82) is 0 Å². The van der Waals surface area contributed by atoms with E-state index in [4.69, 9.17) is 4.74 Å². The number of benzene rings is 2. The number of Topliss-reactive ketones (excluding diaryl/α,β-unsaturated/α-hetero) is 1. The van der Waals surface area contributed by atoms with E-state index < -0.39 is 23.5 Å². The van der Waals surface area contributed by atoms with Crippen LogP contribution in [0, 0.1) is 11.6 Å². The van der Waals surface area contributed by atoms with E-state index in [0.29, 0.717) is 23.0 Å². The number of hydrogen-bond donors (Lipinski definition) is 2. The zero-order chi connectivity index (χ0) is 21.4. The van der Waals surface area contributed by atoms with Gasteiger partial charge in [-0.2, -0.15) is 0 Å². The Hall–Kier alpha value is -3.62. The number of aliphatic imine (C=N–C) groups is 1. The molecule has 2 N–H and O–H groups in total. The molecule has 0 radical (unpaired) electrons. The number of aromatic amines is 1. The molecule has 0 bridgehead atoms. The first-order valence-electron chi connectivity index (χ1n) is 9.41. The van der Waals surface area contributed by atoms with Crippen LogP contribution in [-0.4, -0.2) is 40.2 Å². The molecular formula is C21H18F2N4O3. The summed E-state index contributed by atoms with van der Waals surface area (Å²) in [6.45, 7) is 3.41. The van der Waals surface area contributed by atoms with Gasteiger partial charge < -0.3 is 9.72 Å². The van der Waals surface area contributed by atoms with Gasteiger partial charge in [-0.3, -0.25) is 15.1 Å². The van der Waals surface area contributed by atoms with Crippen LogP contribution in [0.3, 0.4) is 0 Å². The highest BCUT2D eigenvalue weighted by Gasteiger charge is 2.28. The summed E-state index contributed by atoms with van der Waals surface area (Å²) in [5.41, 5.74) is 1.32. The molecule has 2 aromatic carbocycles. The summed E-state index contributed by atoms with van der Waals surface area (Å²) < 4.78 is 33.8. The molecule has 0 aliphatic carbocycles. The van der Waals surface area contributed by atoms with Crippen LogP contribution in [0.2, 0.25) is 0 Å². The summed E-state index contributed by atoms with van der Waals surface area (Å²) in [6.07, 6.45) is -0.186. The average Bonchev–Trinajstić information content (AvgIpc) is 3.11. The minimum atomic E-state index is -0.780. The lowest BCUT2D eigenvalue weighted by atomic mass is 9.91. The number of halogens is 2. The molecule has 1 atom stereocenters. The molecule has 0 saturated heterocycles. The molecule has 0 saturated carbocycles. The summed E-state index contributed by atoms with van der Waals surface area (Å²) in [7, 11) is 0. The van der Waals surface area contributed by atoms with Crippen molar-refractivity contribution >= 4 is 34.6 Å². The third kappa shape index (κ3) is 3.54. The van der Waals surface area contributed by atoms with Crippen LogP contribution in [0.25, 0.3) is 11.0 Å². The van der Waals surface area contributed by atoms with Gasteiger partial charge in [-0.25, -0.2) is 18.6 Å². The molecule has 0 spiro atoms. The average molecular weight is 412 g/mol. The third-order valence-electron chi connectivity index (χ3n) is 4.86. The number of aromatic nitrogens is 2. The number of amides is 1. The van der Waals surface area contributed by atoms with Crippen LogP contribution >= 0.6 is 0 Å². The van der Waals surface area contributed by atoms with E-state index in [1.165, 1.54) is 0 Å². The Morgan fingerprint density at radius 1 is 1.23 bits per heavy atom. The molecule has 2 heterocycles. The summed E-state index contributed by atoms with van der Waals surface area (Å²) in [5.74, 6) is -1.88. The van der Waals surface area contributed by atoms with E-state index in [1.54, 1.807) is 25.1 Å². The summed E-state index contributed by atoms with van der Waals surface area (Å²) >= 11 is 0. The zero-order valence-corrected chi connectivity index (χ0v) is 16.3. The van der Waals surface area contributed by atoms with E-state index in [-0.39, 0.29) is 35.4 Å². The third-order valence-corrected chi connectivity index (χ3v) is 4.86. The lowest BCUT2D eigenvalue weighted by Gasteiger charge is -2.17. The number of fused-ring (bicyclic) bond motifs is 2. The number of nitrogens with zero attached hydrogens (tertiary/aromatic N) is 2. The number of ketones is 1. The Kier molecular flexibility index (Phi) is 5.03. The van der Waals surface area contributed by atoms with Crippen molar-refractivity contribution in [3.63, 3.8) is 0 Å². The van der Waals surface area contributed by atoms with Crippen molar-refractivity contribution in [2.75, 3.05) is 11.9 Å². The molecule has 9 heteroatoms. The molecule has 1 aromatic heterocycles. The van der Waals surface area contributed by atoms with Crippen LogP contribution in [0.5, 0.6) is 0 Å². The second kappa shape index (κ2) is 7.66. The molecule has 1 aliphatic rings. The molecule has 1 unspecified atom stereocenters. The van der Waals surface area contributed by atoms with E-state index in [0.717, 1.165) is 12.1 Å². The van der Waals surface area contributed by atoms with Gasteiger partial charge in [0.2, 0.25) is 5.95 Å². The quantitative estimate of drug-likeness (QED) is 0.671. The monoisotopic (exact) mass is 412 g/mol. The van der Waals surface area contributed by atoms with Gasteiger partial charge in [0.25, 0.3) is 0 Å². The predicted molar refractivity (Wildman–Crippen MR) is 107 cm³/mol. The van der Waals surface area contributed by atoms with Gasteiger partial charge in [0.1, 0.15) is 24.3 Å². The molecule has 154 valence electrons. The number of carbonyl (C=O) groups is 2. The maximum atomic E-state index is 14.5. The molecule has 1 amide bonds. The number of carbonyl (C=O) groups excluding carboxylic acids is 2. The minimum absolute atomic E-state index is 0.152. The molecule has 0 fully saturated rings. The fourth-order valence-corrected chi connectivity index (χ4v) is 3.21. The van der Waals surface area contributed by atoms with Crippen molar-refractivity contribution in [1.82, 2.24) is 9.97 Å². The maximum absolute atomic E-state index is 14.5. The first-order valence-corrected chi connectivity index (χ1v) is 9.41. The molecule has 3 aromatic rings. The van der Waals surface area contributed by atoms with E-state index in [2.05, 4.69) is 20.3 Å². The van der Waals surface area contributed by atoms with Gasteiger partial charge in [0.05, 0.1) is 22.3 Å². The fraction of sp³-hybridized carbons (Fsp3) is 0.238. The molecular weight excluding hydrogens is 394 g/mol. The van der Waals surface area contributed by atoms with Gasteiger partial charge in [-0.15, -0.1) is 0 Å². The number of nitrogens with one attached hydrogen (secondary N) is 2. The Labute approximate surface area is 170 Å². The Bertz CT molecular complexity index is 1200. The second-order valence-electron chi connectivity index (χ2n) is 6.93. The lowest BCUT2D eigenvalue weighted by molar-refractivity contribution is 0.0995. The summed E-state index contributed by atoms with van der Waals surface area (Å²) in [4.78, 5) is 35.3. The molecule has 4 rings (SSSR count). The van der Waals surface area contributed by atoms with Gasteiger partial charge in [-0.05, 0) is 37.6 Å². The topological polar surface area (TPSA) is 96.4 Å². The van der Waals surface area contributed by atoms with Crippen molar-refractivity contribution in [3.8, 4) is 0 Å². The van der Waals surface area contributed by atoms with E-state index >= 15 is 0 Å². The lowest BCUT2D eigenvalue weighted by Crippen LogP contribution is -2.23. The van der Waals surface area contributed by atoms with Crippen LogP contribution < -0.4 is 5.32 Å². The number of hydrogen-bond acceptors (Lipinski definition) is 5. The van der Waals surface area contributed by atoms with E-state index in [1.807, 2.05) is 6.92 Å². The Morgan fingerprint density at radius 2 is 1.97 bits per heavy atom. The number of imidazole rings is 1. The van der Waals surface area contributed by atoms with Crippen LogP contribution in [0.4, 0.5) is 19.5 Å². The van der Waals surface area contributed by atoms with Crippen LogP contribution in [0.15, 0.2) is 35.3 Å². The Morgan fingerprint density at radius 3 is 2.70 bits per heavy atom. The summed E-state index contributed by atoms with van der Waals surface area (Å²) in [5, 5.41) is 2.52. The minimum Gasteiger partial charge on any atom is -0.446 e. The number of anilines is 1. The van der Waals surface area contributed by atoms with Gasteiger partial charge in [0, 0.05) is 11.1 Å². The largest absolute Gasteiger partial charge is 0.446 e. The number of ether oxygens (including phenoxy) is 1. The SMILES string of the molecule is CCC(C)OC(=O)Nc1nc2ccc(C3=NCC(=O)c4c(F)ccc(F)c43)cc2[nH]1. The first kappa shape index (κ1) is 19.7. The van der Waals surface area contributed by atoms with Crippen molar-refractivity contribution in [2.45, 2.75) is 26.4 Å². The number of H-pyrrole nitrogens is 1. The second-order valence-corrected chi connectivity index (χ2v) is 6.93. The Balaban J connectivity index is 1.68. The van der Waals surface area contributed by atoms with Gasteiger partial charge >= 0.3 is 6.09 Å². The summed E-state index contributed by atoms with van der Waals surface area (Å²) in [6, 6.07) is 6.86. The smallest absolute Gasteiger partial charge is 0.414 e. The zero-order valence-electron chi connectivity index (χ0n) is 16.3. The molecule has 7 nitrogen and oxygen atoms in total. The predicted octanol–water partition coefficient (Wildman–Crippen LogP) is 4.22. The molecule has 1 aliphatic heterocycles. The van der Waals surface area contributed by atoms with E-state index in [9.17, 15) is 18.4 Å². The first-order chi connectivity index (χ1) is 14.4. The van der Waals surface area contributed by atoms with Gasteiger partial charge in [-0.1, -0.05) is 13.0 Å². The maximum Gasteiger partial charge on any atom is 0.414 e. The number of rotatable bonds is 4. The highest BCUT2D eigenvalue weighted by molar-refractivity contribution is 6.22. The fourth-order valence-electron chi connectivity index (χ4n) is 3.21. The normalized spacial score (nSPS) is 14.3. The van der Waals surface area contributed by atoms with Crippen LogP contribution in [-0.2, 0) is 4.74 Å². The van der Waals surface area contributed by atoms with Crippen molar-refractivity contribution in [3.05, 3.63) is 58.7 Å². The van der Waals surface area contributed by atoms with Gasteiger partial charge in [0.15, 0.2) is 5.78 Å². The standard InChI is InChI=1S/C21H18F2N4O3/c1-3-10(2)30-21(29)27-20-25-14-7-4-11(8-15(14)26-20)19-18-13(23)6-5-12(22)17(18)16(28)9-24-19/h4-8,10H,3,9H2,1-2H3,(H2,25,26,27,29). The molecule has 30 heavy (non-hydrogen) atoms. The highest BCUT2D eigenvalue weighted by atomic mass is 19.1. The van der Waals surface area contributed by atoms with Crippen molar-refractivity contribution in [2.24, 2.45) is 4.99 Å². The highest BCUT2D eigenvalue weighted by Crippen LogP contribution is 2.27.